The first-order chi connectivity index (χ1) is 9.20. The zero-order chi connectivity index (χ0) is 13.7. The van der Waals surface area contributed by atoms with Crippen molar-refractivity contribution >= 4 is 39.1 Å². The third-order valence-electron chi connectivity index (χ3n) is 4.45. The van der Waals surface area contributed by atoms with Gasteiger partial charge in [0.05, 0.1) is 0 Å². The van der Waals surface area contributed by atoms with Gasteiger partial charge in [-0.2, -0.15) is 0 Å². The summed E-state index contributed by atoms with van der Waals surface area (Å²) in [4.78, 5) is 0. The topological polar surface area (TPSA) is 0 Å². The summed E-state index contributed by atoms with van der Waals surface area (Å²) in [7, 11) is 0. The molecule has 1 aromatic carbocycles. The maximum absolute atomic E-state index is 6.30. The SMILES string of the molecule is ClCC(CCl)(CCC1CCCC1)c1cccc(Br)c1. The van der Waals surface area contributed by atoms with Gasteiger partial charge in [0.1, 0.15) is 0 Å². The van der Waals surface area contributed by atoms with E-state index in [-0.39, 0.29) is 5.41 Å². The number of halogens is 3. The van der Waals surface area contributed by atoms with Crippen molar-refractivity contribution in [2.45, 2.75) is 43.9 Å². The molecule has 1 fully saturated rings. The summed E-state index contributed by atoms with van der Waals surface area (Å²) in [5.41, 5.74) is 1.19. The van der Waals surface area contributed by atoms with Crippen molar-refractivity contribution in [1.29, 1.82) is 0 Å². The predicted molar refractivity (Wildman–Crippen MR) is 88.5 cm³/mol. The molecule has 0 unspecified atom stereocenters. The maximum atomic E-state index is 6.30. The summed E-state index contributed by atoms with van der Waals surface area (Å²) >= 11 is 16.1. The van der Waals surface area contributed by atoms with E-state index in [1.165, 1.54) is 37.7 Å². The predicted octanol–water partition coefficient (Wildman–Crippen LogP) is 6.13. The van der Waals surface area contributed by atoms with E-state index in [1.54, 1.807) is 0 Å². The van der Waals surface area contributed by atoms with Gasteiger partial charge < -0.3 is 0 Å². The molecule has 0 bridgehead atoms. The van der Waals surface area contributed by atoms with Gasteiger partial charge in [-0.1, -0.05) is 53.7 Å². The molecule has 0 atom stereocenters. The molecule has 1 aliphatic rings. The van der Waals surface area contributed by atoms with E-state index in [1.807, 2.05) is 6.07 Å². The summed E-state index contributed by atoms with van der Waals surface area (Å²) in [6.07, 6.45) is 7.93. The second kappa shape index (κ2) is 7.33. The average Bonchev–Trinajstić information content (AvgIpc) is 2.94. The highest BCUT2D eigenvalue weighted by atomic mass is 79.9. The van der Waals surface area contributed by atoms with Crippen LogP contribution in [0.5, 0.6) is 0 Å². The molecule has 0 amide bonds. The van der Waals surface area contributed by atoms with Crippen LogP contribution >= 0.6 is 39.1 Å². The minimum atomic E-state index is -0.0739. The van der Waals surface area contributed by atoms with E-state index >= 15 is 0 Å². The Labute approximate surface area is 135 Å². The lowest BCUT2D eigenvalue weighted by Crippen LogP contribution is -2.31. The van der Waals surface area contributed by atoms with Crippen molar-refractivity contribution in [3.8, 4) is 0 Å². The monoisotopic (exact) mass is 362 g/mol. The van der Waals surface area contributed by atoms with Crippen molar-refractivity contribution < 1.29 is 0 Å². The van der Waals surface area contributed by atoms with Gasteiger partial charge in [-0.3, -0.25) is 0 Å². The van der Waals surface area contributed by atoms with E-state index in [0.29, 0.717) is 11.8 Å². The average molecular weight is 364 g/mol. The highest BCUT2D eigenvalue weighted by molar-refractivity contribution is 9.10. The van der Waals surface area contributed by atoms with Gasteiger partial charge in [0, 0.05) is 21.6 Å². The third kappa shape index (κ3) is 3.89. The van der Waals surface area contributed by atoms with Crippen molar-refractivity contribution in [1.82, 2.24) is 0 Å². The fraction of sp³-hybridized carbons (Fsp3) is 0.625. The number of hydrogen-bond acceptors (Lipinski definition) is 0. The van der Waals surface area contributed by atoms with Gasteiger partial charge in [0.2, 0.25) is 0 Å². The third-order valence-corrected chi connectivity index (χ3v) is 5.97. The fourth-order valence-corrected chi connectivity index (χ4v) is 4.33. The van der Waals surface area contributed by atoms with Crippen LogP contribution in [0.25, 0.3) is 0 Å². The molecule has 0 aromatic heterocycles. The Morgan fingerprint density at radius 2 is 1.84 bits per heavy atom. The summed E-state index contributed by atoms with van der Waals surface area (Å²) in [6.45, 7) is 0. The number of rotatable bonds is 6. The molecule has 1 saturated carbocycles. The van der Waals surface area contributed by atoms with E-state index in [9.17, 15) is 0 Å². The maximum Gasteiger partial charge on any atom is 0.0332 e. The van der Waals surface area contributed by atoms with Gasteiger partial charge in [0.15, 0.2) is 0 Å². The normalized spacial score (nSPS) is 17.0. The zero-order valence-electron chi connectivity index (χ0n) is 11.2. The fourth-order valence-electron chi connectivity index (χ4n) is 3.07. The summed E-state index contributed by atoms with van der Waals surface area (Å²) < 4.78 is 1.10. The molecule has 0 radical (unpaired) electrons. The number of hydrogen-bond donors (Lipinski definition) is 0. The first kappa shape index (κ1) is 15.7. The van der Waals surface area contributed by atoms with Crippen LogP contribution in [0.4, 0.5) is 0 Å². The van der Waals surface area contributed by atoms with Crippen LogP contribution in [0.1, 0.15) is 44.1 Å². The van der Waals surface area contributed by atoms with Crippen LogP contribution in [-0.2, 0) is 5.41 Å². The molecule has 1 aliphatic carbocycles. The molecule has 0 nitrogen and oxygen atoms in total. The first-order valence-corrected chi connectivity index (χ1v) is 8.94. The molecular formula is C16H21BrCl2. The summed E-state index contributed by atoms with van der Waals surface area (Å²) in [5.74, 6) is 2.08. The van der Waals surface area contributed by atoms with Crippen LogP contribution in [0.3, 0.4) is 0 Å². The summed E-state index contributed by atoms with van der Waals surface area (Å²) in [6, 6.07) is 8.44. The highest BCUT2D eigenvalue weighted by Crippen LogP contribution is 2.38. The lowest BCUT2D eigenvalue weighted by molar-refractivity contribution is 0.394. The lowest BCUT2D eigenvalue weighted by Gasteiger charge is -2.31. The van der Waals surface area contributed by atoms with Gasteiger partial charge in [-0.25, -0.2) is 0 Å². The molecule has 0 heterocycles. The molecule has 1 aromatic rings. The molecular weight excluding hydrogens is 343 g/mol. The molecule has 0 spiro atoms. The Morgan fingerprint density at radius 1 is 1.16 bits per heavy atom. The van der Waals surface area contributed by atoms with E-state index in [2.05, 4.69) is 34.1 Å². The van der Waals surface area contributed by atoms with E-state index in [4.69, 9.17) is 23.2 Å². The Morgan fingerprint density at radius 3 is 2.42 bits per heavy atom. The summed E-state index contributed by atoms with van der Waals surface area (Å²) in [5, 5.41) is 0. The van der Waals surface area contributed by atoms with Crippen molar-refractivity contribution in [2.24, 2.45) is 5.92 Å². The lowest BCUT2D eigenvalue weighted by atomic mass is 9.78. The quantitative estimate of drug-likeness (QED) is 0.533. The van der Waals surface area contributed by atoms with Crippen LogP contribution in [0.2, 0.25) is 0 Å². The largest absolute Gasteiger partial charge is 0.126 e. The Hall–Kier alpha value is 0.280. The van der Waals surface area contributed by atoms with E-state index in [0.717, 1.165) is 16.8 Å². The second-order valence-corrected chi connectivity index (χ2v) is 7.20. The molecule has 0 saturated heterocycles. The van der Waals surface area contributed by atoms with Crippen LogP contribution in [0.15, 0.2) is 28.7 Å². The van der Waals surface area contributed by atoms with Crippen molar-refractivity contribution in [2.75, 3.05) is 11.8 Å². The first-order valence-electron chi connectivity index (χ1n) is 7.08. The molecule has 106 valence electrons. The van der Waals surface area contributed by atoms with Crippen LogP contribution < -0.4 is 0 Å². The minimum Gasteiger partial charge on any atom is -0.126 e. The molecule has 2 rings (SSSR count). The van der Waals surface area contributed by atoms with Crippen molar-refractivity contribution in [3.05, 3.63) is 34.3 Å². The molecule has 3 heteroatoms. The Bertz CT molecular complexity index is 395. The van der Waals surface area contributed by atoms with Gasteiger partial charge >= 0.3 is 0 Å². The number of alkyl halides is 2. The smallest absolute Gasteiger partial charge is 0.0332 e. The van der Waals surface area contributed by atoms with Gasteiger partial charge in [-0.15, -0.1) is 23.2 Å². The van der Waals surface area contributed by atoms with Crippen molar-refractivity contribution in [3.63, 3.8) is 0 Å². The molecule has 0 aliphatic heterocycles. The van der Waals surface area contributed by atoms with E-state index < -0.39 is 0 Å². The van der Waals surface area contributed by atoms with Crippen LogP contribution in [0, 0.1) is 5.92 Å². The number of benzene rings is 1. The zero-order valence-corrected chi connectivity index (χ0v) is 14.3. The van der Waals surface area contributed by atoms with Gasteiger partial charge in [0.25, 0.3) is 0 Å². The van der Waals surface area contributed by atoms with Crippen LogP contribution in [-0.4, -0.2) is 11.8 Å². The molecule has 19 heavy (non-hydrogen) atoms. The minimum absolute atomic E-state index is 0.0739. The Kier molecular flexibility index (Phi) is 6.05. The highest BCUT2D eigenvalue weighted by Gasteiger charge is 2.32. The molecule has 0 N–H and O–H groups in total. The second-order valence-electron chi connectivity index (χ2n) is 5.75. The van der Waals surface area contributed by atoms with Gasteiger partial charge in [-0.05, 0) is 36.5 Å². The Balaban J connectivity index is 2.11. The standard InChI is InChI=1S/C16H21BrCl2/c17-15-7-3-6-14(10-15)16(11-18,12-19)9-8-13-4-1-2-5-13/h3,6-7,10,13H,1-2,4-5,8-9,11-12H2.